The molecule has 2 N–H and O–H groups in total. The second-order valence-corrected chi connectivity index (χ2v) is 4.23. The van der Waals surface area contributed by atoms with Gasteiger partial charge in [0.25, 0.3) is 0 Å². The van der Waals surface area contributed by atoms with Gasteiger partial charge in [0.05, 0.1) is 0 Å². The van der Waals surface area contributed by atoms with E-state index in [0.29, 0.717) is 0 Å². The van der Waals surface area contributed by atoms with Gasteiger partial charge in [-0.15, -0.1) is 0 Å². The molecule has 16 heavy (non-hydrogen) atoms. The van der Waals surface area contributed by atoms with Gasteiger partial charge in [-0.1, -0.05) is 24.3 Å². The number of hydrogen-bond donors (Lipinski definition) is 1. The average Bonchev–Trinajstić information content (AvgIpc) is 2.15. The van der Waals surface area contributed by atoms with Crippen LogP contribution in [0.15, 0.2) is 36.4 Å². The highest BCUT2D eigenvalue weighted by molar-refractivity contribution is 5.73. The maximum Gasteiger partial charge on any atom is 0.0319 e. The van der Waals surface area contributed by atoms with E-state index in [-0.39, 0.29) is 0 Å². The van der Waals surface area contributed by atoms with Gasteiger partial charge in [0.1, 0.15) is 0 Å². The molecule has 0 spiro atoms. The first-order valence-electron chi connectivity index (χ1n) is 5.37. The SMILES string of the molecule is [CH2]c1cccc(-c2c(C)cc(N)cc2C)c1. The van der Waals surface area contributed by atoms with Crippen LogP contribution in [0.25, 0.3) is 11.1 Å². The summed E-state index contributed by atoms with van der Waals surface area (Å²) in [6, 6.07) is 12.3. The minimum atomic E-state index is 0.824. The molecule has 0 heterocycles. The Balaban J connectivity index is 2.64. The second-order valence-electron chi connectivity index (χ2n) is 4.23. The van der Waals surface area contributed by atoms with Crippen molar-refractivity contribution in [1.82, 2.24) is 0 Å². The zero-order valence-electron chi connectivity index (χ0n) is 9.75. The molecule has 0 aliphatic carbocycles. The van der Waals surface area contributed by atoms with Crippen molar-refractivity contribution in [3.05, 3.63) is 60.0 Å². The van der Waals surface area contributed by atoms with E-state index < -0.39 is 0 Å². The number of benzene rings is 2. The summed E-state index contributed by atoms with van der Waals surface area (Å²) in [5.74, 6) is 0. The summed E-state index contributed by atoms with van der Waals surface area (Å²) >= 11 is 0. The van der Waals surface area contributed by atoms with Crippen LogP contribution in [-0.2, 0) is 0 Å². The van der Waals surface area contributed by atoms with Crippen LogP contribution in [0.3, 0.4) is 0 Å². The van der Waals surface area contributed by atoms with Crippen LogP contribution in [0.4, 0.5) is 5.69 Å². The van der Waals surface area contributed by atoms with Gasteiger partial charge < -0.3 is 5.73 Å². The number of rotatable bonds is 1. The van der Waals surface area contributed by atoms with E-state index >= 15 is 0 Å². The third-order valence-corrected chi connectivity index (χ3v) is 2.77. The zero-order valence-corrected chi connectivity index (χ0v) is 9.75. The predicted molar refractivity (Wildman–Crippen MR) is 70.2 cm³/mol. The van der Waals surface area contributed by atoms with E-state index in [2.05, 4.69) is 32.9 Å². The fourth-order valence-corrected chi connectivity index (χ4v) is 2.18. The Morgan fingerprint density at radius 3 is 2.19 bits per heavy atom. The Bertz CT molecular complexity index is 504. The Kier molecular flexibility index (Phi) is 2.69. The number of nitrogens with two attached hydrogens (primary N) is 1. The summed E-state index contributed by atoms with van der Waals surface area (Å²) < 4.78 is 0. The number of nitrogen functional groups attached to an aromatic ring is 1. The molecular formula is C15H16N. The van der Waals surface area contributed by atoms with Crippen molar-refractivity contribution in [3.63, 3.8) is 0 Å². The maximum atomic E-state index is 5.82. The van der Waals surface area contributed by atoms with Crippen LogP contribution < -0.4 is 5.73 Å². The number of aryl methyl sites for hydroxylation is 2. The van der Waals surface area contributed by atoms with Crippen molar-refractivity contribution in [3.8, 4) is 11.1 Å². The predicted octanol–water partition coefficient (Wildman–Crippen LogP) is 3.73. The molecule has 0 saturated heterocycles. The monoisotopic (exact) mass is 210 g/mol. The van der Waals surface area contributed by atoms with Crippen LogP contribution in [0.5, 0.6) is 0 Å². The molecule has 0 aromatic heterocycles. The third-order valence-electron chi connectivity index (χ3n) is 2.77. The summed E-state index contributed by atoms with van der Waals surface area (Å²) in [5, 5.41) is 0. The molecule has 0 saturated carbocycles. The smallest absolute Gasteiger partial charge is 0.0319 e. The van der Waals surface area contributed by atoms with Crippen molar-refractivity contribution >= 4 is 5.69 Å². The first kappa shape index (κ1) is 10.7. The molecule has 0 unspecified atom stereocenters. The van der Waals surface area contributed by atoms with E-state index in [9.17, 15) is 0 Å². The van der Waals surface area contributed by atoms with Crippen LogP contribution in [0, 0.1) is 20.8 Å². The topological polar surface area (TPSA) is 26.0 Å². The highest BCUT2D eigenvalue weighted by Crippen LogP contribution is 2.29. The quantitative estimate of drug-likeness (QED) is 0.713. The Labute approximate surface area is 96.9 Å². The molecule has 1 heteroatoms. The molecule has 0 bridgehead atoms. The molecule has 0 aliphatic heterocycles. The van der Waals surface area contributed by atoms with E-state index in [1.165, 1.54) is 22.3 Å². The lowest BCUT2D eigenvalue weighted by atomic mass is 9.94. The van der Waals surface area contributed by atoms with Gasteiger partial charge in [0.15, 0.2) is 0 Å². The molecule has 81 valence electrons. The highest BCUT2D eigenvalue weighted by Gasteiger charge is 2.06. The molecule has 2 aromatic rings. The Hall–Kier alpha value is -1.76. The first-order valence-corrected chi connectivity index (χ1v) is 5.37. The van der Waals surface area contributed by atoms with Crippen LogP contribution in [0.2, 0.25) is 0 Å². The second kappa shape index (κ2) is 4.01. The minimum absolute atomic E-state index is 0.824. The summed E-state index contributed by atoms with van der Waals surface area (Å²) in [6.45, 7) is 8.14. The van der Waals surface area contributed by atoms with Gasteiger partial charge in [-0.2, -0.15) is 0 Å². The summed E-state index contributed by atoms with van der Waals surface area (Å²) in [7, 11) is 0. The zero-order chi connectivity index (χ0) is 11.7. The molecule has 0 atom stereocenters. The lowest BCUT2D eigenvalue weighted by Gasteiger charge is -2.11. The normalized spacial score (nSPS) is 10.4. The van der Waals surface area contributed by atoms with Crippen LogP contribution in [0.1, 0.15) is 16.7 Å². The van der Waals surface area contributed by atoms with Crippen molar-refractivity contribution in [1.29, 1.82) is 0 Å². The van der Waals surface area contributed by atoms with E-state index in [0.717, 1.165) is 11.3 Å². The average molecular weight is 210 g/mol. The molecule has 0 aliphatic rings. The molecule has 2 rings (SSSR count). The molecule has 1 nitrogen and oxygen atoms in total. The number of hydrogen-bond acceptors (Lipinski definition) is 1. The van der Waals surface area contributed by atoms with Crippen molar-refractivity contribution in [2.75, 3.05) is 5.73 Å². The molecular weight excluding hydrogens is 194 g/mol. The summed E-state index contributed by atoms with van der Waals surface area (Å²) in [6.07, 6.45) is 0. The summed E-state index contributed by atoms with van der Waals surface area (Å²) in [5.41, 5.74) is 12.6. The van der Waals surface area contributed by atoms with Crippen molar-refractivity contribution in [2.24, 2.45) is 0 Å². The summed E-state index contributed by atoms with van der Waals surface area (Å²) in [4.78, 5) is 0. The Morgan fingerprint density at radius 2 is 1.62 bits per heavy atom. The molecule has 0 amide bonds. The maximum absolute atomic E-state index is 5.82. The highest BCUT2D eigenvalue weighted by atomic mass is 14.5. The minimum Gasteiger partial charge on any atom is -0.399 e. The third kappa shape index (κ3) is 1.94. The van der Waals surface area contributed by atoms with E-state index in [1.54, 1.807) is 0 Å². The molecule has 0 fully saturated rings. The van der Waals surface area contributed by atoms with Crippen LogP contribution >= 0.6 is 0 Å². The lowest BCUT2D eigenvalue weighted by molar-refractivity contribution is 1.38. The largest absolute Gasteiger partial charge is 0.399 e. The van der Waals surface area contributed by atoms with Gasteiger partial charge in [0.2, 0.25) is 0 Å². The van der Waals surface area contributed by atoms with Gasteiger partial charge in [-0.3, -0.25) is 0 Å². The van der Waals surface area contributed by atoms with Crippen LogP contribution in [-0.4, -0.2) is 0 Å². The van der Waals surface area contributed by atoms with E-state index in [4.69, 9.17) is 5.73 Å². The Morgan fingerprint density at radius 1 is 1.00 bits per heavy atom. The van der Waals surface area contributed by atoms with Crippen molar-refractivity contribution in [2.45, 2.75) is 13.8 Å². The fourth-order valence-electron chi connectivity index (χ4n) is 2.18. The first-order chi connectivity index (χ1) is 7.58. The van der Waals surface area contributed by atoms with E-state index in [1.807, 2.05) is 24.3 Å². The van der Waals surface area contributed by atoms with Crippen molar-refractivity contribution < 1.29 is 0 Å². The van der Waals surface area contributed by atoms with Gasteiger partial charge in [-0.05, 0) is 60.7 Å². The standard InChI is InChI=1S/C15H16N/c1-10-5-4-6-13(7-10)15-11(2)8-14(16)9-12(15)3/h4-9H,1,16H2,2-3H3. The molecule has 2 aromatic carbocycles. The number of anilines is 1. The van der Waals surface area contributed by atoms with Gasteiger partial charge in [0, 0.05) is 5.69 Å². The lowest BCUT2D eigenvalue weighted by Crippen LogP contribution is -1.93. The van der Waals surface area contributed by atoms with Gasteiger partial charge in [-0.25, -0.2) is 0 Å². The molecule has 1 radical (unpaired) electrons. The fraction of sp³-hybridized carbons (Fsp3) is 0.133. The van der Waals surface area contributed by atoms with Gasteiger partial charge >= 0.3 is 0 Å².